The van der Waals surface area contributed by atoms with E-state index in [1.54, 1.807) is 38.1 Å². The van der Waals surface area contributed by atoms with Crippen LogP contribution in [0.1, 0.15) is 27.2 Å². The molecular formula is C15H24NO5P. The number of hydrogen-bond acceptors (Lipinski definition) is 6. The SMILES string of the molecule is CCOc1ccccc1OP(=O)(CCN)O[C@@H](C)C(=O)CC. The quantitative estimate of drug-likeness (QED) is 0.664. The molecule has 0 spiro atoms. The van der Waals surface area contributed by atoms with Crippen molar-refractivity contribution in [2.24, 2.45) is 5.73 Å². The van der Waals surface area contributed by atoms with Gasteiger partial charge < -0.3 is 15.0 Å². The Morgan fingerprint density at radius 2 is 1.91 bits per heavy atom. The van der Waals surface area contributed by atoms with Crippen molar-refractivity contribution < 1.29 is 23.1 Å². The Morgan fingerprint density at radius 1 is 1.27 bits per heavy atom. The monoisotopic (exact) mass is 329 g/mol. The number of Topliss-reactive ketones (excluding diaryl/α,β-unsaturated/α-hetero) is 1. The van der Waals surface area contributed by atoms with Crippen molar-refractivity contribution in [3.63, 3.8) is 0 Å². The van der Waals surface area contributed by atoms with Gasteiger partial charge in [-0.25, -0.2) is 4.57 Å². The van der Waals surface area contributed by atoms with Crippen LogP contribution in [-0.4, -0.2) is 31.2 Å². The number of nitrogens with two attached hydrogens (primary N) is 1. The maximum absolute atomic E-state index is 12.8. The van der Waals surface area contributed by atoms with Gasteiger partial charge in [0.1, 0.15) is 6.10 Å². The first-order valence-electron chi connectivity index (χ1n) is 7.37. The van der Waals surface area contributed by atoms with E-state index in [0.717, 1.165) is 0 Å². The number of ketones is 1. The van der Waals surface area contributed by atoms with Crippen molar-refractivity contribution in [1.82, 2.24) is 0 Å². The highest BCUT2D eigenvalue weighted by atomic mass is 31.2. The van der Waals surface area contributed by atoms with E-state index in [4.69, 9.17) is 19.5 Å². The van der Waals surface area contributed by atoms with Crippen LogP contribution in [-0.2, 0) is 13.9 Å². The minimum Gasteiger partial charge on any atom is -0.490 e. The predicted molar refractivity (Wildman–Crippen MR) is 85.6 cm³/mol. The minimum atomic E-state index is -3.54. The lowest BCUT2D eigenvalue weighted by Gasteiger charge is -2.23. The number of benzene rings is 1. The number of para-hydroxylation sites is 2. The van der Waals surface area contributed by atoms with Crippen LogP contribution >= 0.6 is 7.60 Å². The van der Waals surface area contributed by atoms with Crippen LogP contribution in [0.25, 0.3) is 0 Å². The van der Waals surface area contributed by atoms with Gasteiger partial charge in [-0.2, -0.15) is 0 Å². The largest absolute Gasteiger partial charge is 0.490 e. The summed E-state index contributed by atoms with van der Waals surface area (Å²) >= 11 is 0. The highest BCUT2D eigenvalue weighted by Gasteiger charge is 2.31. The van der Waals surface area contributed by atoms with E-state index in [-0.39, 0.29) is 18.5 Å². The van der Waals surface area contributed by atoms with Gasteiger partial charge in [0.05, 0.1) is 12.8 Å². The molecule has 1 unspecified atom stereocenters. The third-order valence-electron chi connectivity index (χ3n) is 2.91. The second-order valence-electron chi connectivity index (χ2n) is 4.66. The van der Waals surface area contributed by atoms with Crippen LogP contribution in [0.3, 0.4) is 0 Å². The van der Waals surface area contributed by atoms with Crippen molar-refractivity contribution >= 4 is 13.4 Å². The van der Waals surface area contributed by atoms with Gasteiger partial charge in [-0.05, 0) is 26.0 Å². The third kappa shape index (κ3) is 5.44. The summed E-state index contributed by atoms with van der Waals surface area (Å²) in [5.41, 5.74) is 5.50. The summed E-state index contributed by atoms with van der Waals surface area (Å²) in [6.07, 6.45) is -0.477. The highest BCUT2D eigenvalue weighted by Crippen LogP contribution is 2.51. The zero-order valence-corrected chi connectivity index (χ0v) is 14.2. The molecule has 2 N–H and O–H groups in total. The van der Waals surface area contributed by atoms with E-state index in [0.29, 0.717) is 24.5 Å². The molecule has 0 amide bonds. The molecule has 22 heavy (non-hydrogen) atoms. The lowest BCUT2D eigenvalue weighted by molar-refractivity contribution is -0.125. The second-order valence-corrected chi connectivity index (χ2v) is 6.72. The molecular weight excluding hydrogens is 305 g/mol. The standard InChI is InChI=1S/C15H24NO5P/c1-4-13(17)12(3)20-22(18,11-10-16)21-15-9-7-6-8-14(15)19-5-2/h6-9,12H,4-5,10-11,16H2,1-3H3/t12-,22?/m0/s1. The summed E-state index contributed by atoms with van der Waals surface area (Å²) in [4.78, 5) is 11.7. The van der Waals surface area contributed by atoms with Crippen LogP contribution < -0.4 is 15.0 Å². The molecule has 1 aromatic rings. The summed E-state index contributed by atoms with van der Waals surface area (Å²) < 4.78 is 29.3. The zero-order valence-electron chi connectivity index (χ0n) is 13.3. The molecule has 0 aromatic heterocycles. The van der Waals surface area contributed by atoms with Crippen LogP contribution in [0.5, 0.6) is 11.5 Å². The van der Waals surface area contributed by atoms with Gasteiger partial charge in [-0.3, -0.25) is 9.32 Å². The molecule has 0 aliphatic carbocycles. The average molecular weight is 329 g/mol. The van der Waals surface area contributed by atoms with Crippen molar-refractivity contribution in [3.8, 4) is 11.5 Å². The van der Waals surface area contributed by atoms with Gasteiger partial charge in [0.2, 0.25) is 0 Å². The van der Waals surface area contributed by atoms with Crippen LogP contribution in [0.4, 0.5) is 0 Å². The molecule has 0 aliphatic rings. The molecule has 0 saturated heterocycles. The van der Waals surface area contributed by atoms with E-state index in [1.807, 2.05) is 6.92 Å². The average Bonchev–Trinajstić information content (AvgIpc) is 2.48. The van der Waals surface area contributed by atoms with Crippen molar-refractivity contribution in [2.75, 3.05) is 19.3 Å². The molecule has 1 aromatic carbocycles. The molecule has 0 bridgehead atoms. The molecule has 2 atom stereocenters. The van der Waals surface area contributed by atoms with Crippen molar-refractivity contribution in [2.45, 2.75) is 33.3 Å². The minimum absolute atomic E-state index is 0.0226. The number of ether oxygens (including phenoxy) is 1. The molecule has 1 rings (SSSR count). The van der Waals surface area contributed by atoms with Gasteiger partial charge in [-0.1, -0.05) is 19.1 Å². The molecule has 124 valence electrons. The Balaban J connectivity index is 2.96. The Hall–Kier alpha value is -1.36. The first kappa shape index (κ1) is 18.7. The predicted octanol–water partition coefficient (Wildman–Crippen LogP) is 3.00. The number of carbonyl (C=O) groups excluding carboxylic acids is 1. The van der Waals surface area contributed by atoms with Gasteiger partial charge in [0.25, 0.3) is 0 Å². The third-order valence-corrected chi connectivity index (χ3v) is 4.83. The summed E-state index contributed by atoms with van der Waals surface area (Å²) in [5.74, 6) is 0.650. The fourth-order valence-corrected chi connectivity index (χ4v) is 3.42. The van der Waals surface area contributed by atoms with Crippen LogP contribution in [0, 0.1) is 0 Å². The molecule has 0 heterocycles. The van der Waals surface area contributed by atoms with Gasteiger partial charge in [0, 0.05) is 13.0 Å². The molecule has 0 saturated carbocycles. The summed E-state index contributed by atoms with van der Waals surface area (Å²) in [6.45, 7) is 5.71. The number of hydrogen-bond donors (Lipinski definition) is 1. The first-order valence-corrected chi connectivity index (χ1v) is 9.10. The molecule has 0 fully saturated rings. The second kappa shape index (κ2) is 8.93. The van der Waals surface area contributed by atoms with E-state index in [2.05, 4.69) is 0 Å². The smallest absolute Gasteiger partial charge is 0.381 e. The lowest BCUT2D eigenvalue weighted by atomic mass is 10.2. The fourth-order valence-electron chi connectivity index (χ4n) is 1.82. The highest BCUT2D eigenvalue weighted by molar-refractivity contribution is 7.54. The van der Waals surface area contributed by atoms with E-state index in [1.165, 1.54) is 0 Å². The van der Waals surface area contributed by atoms with Crippen LogP contribution in [0.2, 0.25) is 0 Å². The lowest BCUT2D eigenvalue weighted by Crippen LogP contribution is -2.22. The van der Waals surface area contributed by atoms with Gasteiger partial charge in [-0.15, -0.1) is 0 Å². The molecule has 7 heteroatoms. The molecule has 0 aliphatic heterocycles. The van der Waals surface area contributed by atoms with E-state index in [9.17, 15) is 9.36 Å². The Kier molecular flexibility index (Phi) is 7.59. The number of rotatable bonds is 10. The topological polar surface area (TPSA) is 87.8 Å². The fraction of sp³-hybridized carbons (Fsp3) is 0.533. The Bertz CT molecular complexity index is 534. The Labute approximate surface area is 131 Å². The number of carbonyl (C=O) groups is 1. The summed E-state index contributed by atoms with van der Waals surface area (Å²) in [5, 5.41) is 0. The molecule has 0 radical (unpaired) electrons. The summed E-state index contributed by atoms with van der Waals surface area (Å²) in [7, 11) is -3.54. The zero-order chi connectivity index (χ0) is 16.6. The maximum Gasteiger partial charge on any atom is 0.381 e. The van der Waals surface area contributed by atoms with E-state index < -0.39 is 13.7 Å². The maximum atomic E-state index is 12.8. The summed E-state index contributed by atoms with van der Waals surface area (Å²) in [6, 6.07) is 6.89. The van der Waals surface area contributed by atoms with Gasteiger partial charge >= 0.3 is 7.60 Å². The van der Waals surface area contributed by atoms with Crippen molar-refractivity contribution in [3.05, 3.63) is 24.3 Å². The van der Waals surface area contributed by atoms with Crippen LogP contribution in [0.15, 0.2) is 24.3 Å². The Morgan fingerprint density at radius 3 is 2.45 bits per heavy atom. The first-order chi connectivity index (χ1) is 10.5. The van der Waals surface area contributed by atoms with Crippen molar-refractivity contribution in [1.29, 1.82) is 0 Å². The van der Waals surface area contributed by atoms with E-state index >= 15 is 0 Å². The normalized spacial score (nSPS) is 14.9. The van der Waals surface area contributed by atoms with Gasteiger partial charge in [0.15, 0.2) is 17.3 Å². The molecule has 6 nitrogen and oxygen atoms in total.